The van der Waals surface area contributed by atoms with Crippen LogP contribution < -0.4 is 5.32 Å². The summed E-state index contributed by atoms with van der Waals surface area (Å²) in [6.45, 7) is 4.19. The first-order chi connectivity index (χ1) is 9.15. The first-order valence-corrected chi connectivity index (χ1v) is 6.99. The summed E-state index contributed by atoms with van der Waals surface area (Å²) in [7, 11) is 0. The molecule has 19 heavy (non-hydrogen) atoms. The van der Waals surface area contributed by atoms with Crippen LogP contribution in [0.1, 0.15) is 17.5 Å². The van der Waals surface area contributed by atoms with E-state index in [-0.39, 0.29) is 5.91 Å². The van der Waals surface area contributed by atoms with Crippen LogP contribution in [0.5, 0.6) is 0 Å². The summed E-state index contributed by atoms with van der Waals surface area (Å²) in [5.41, 5.74) is 2.56. The number of hydrogen-bond acceptors (Lipinski definition) is 4. The molecule has 100 valence electrons. The number of benzene rings is 1. The number of carbonyl (C=O) groups excluding carboxylic acids is 1. The first kappa shape index (κ1) is 13.6. The third-order valence-electron chi connectivity index (χ3n) is 2.75. The highest BCUT2D eigenvalue weighted by atomic mass is 32.2. The number of thioether (sulfide) groups is 1. The average molecular weight is 276 g/mol. The molecule has 0 spiro atoms. The highest BCUT2D eigenvalue weighted by molar-refractivity contribution is 7.99. The quantitative estimate of drug-likeness (QED) is 0.823. The second-order valence-electron chi connectivity index (χ2n) is 4.23. The van der Waals surface area contributed by atoms with E-state index in [9.17, 15) is 4.79 Å². The van der Waals surface area contributed by atoms with E-state index in [2.05, 4.69) is 52.5 Å². The molecule has 1 amide bonds. The molecule has 0 aliphatic carbocycles. The molecule has 1 aromatic heterocycles. The van der Waals surface area contributed by atoms with Gasteiger partial charge < -0.3 is 0 Å². The van der Waals surface area contributed by atoms with Gasteiger partial charge in [0.05, 0.1) is 0 Å². The number of carbonyl (C=O) groups is 1. The monoisotopic (exact) mass is 276 g/mol. The van der Waals surface area contributed by atoms with E-state index in [4.69, 9.17) is 0 Å². The van der Waals surface area contributed by atoms with Crippen molar-refractivity contribution in [2.75, 3.05) is 11.1 Å². The van der Waals surface area contributed by atoms with Crippen molar-refractivity contribution in [3.05, 3.63) is 35.7 Å². The number of H-pyrrole nitrogens is 1. The lowest BCUT2D eigenvalue weighted by Crippen LogP contribution is -2.13. The van der Waals surface area contributed by atoms with Gasteiger partial charge in [0.1, 0.15) is 6.33 Å². The molecule has 0 aliphatic heterocycles. The third kappa shape index (κ3) is 4.10. The van der Waals surface area contributed by atoms with Crippen LogP contribution >= 0.6 is 11.8 Å². The van der Waals surface area contributed by atoms with E-state index in [0.717, 1.165) is 5.75 Å². The van der Waals surface area contributed by atoms with Gasteiger partial charge >= 0.3 is 0 Å². The maximum Gasteiger partial charge on any atom is 0.227 e. The van der Waals surface area contributed by atoms with Crippen LogP contribution in [0.2, 0.25) is 0 Å². The molecule has 0 unspecified atom stereocenters. The minimum atomic E-state index is -0.0620. The number of aryl methyl sites for hydroxylation is 2. The summed E-state index contributed by atoms with van der Waals surface area (Å²) in [6.07, 6.45) is 1.80. The zero-order valence-corrected chi connectivity index (χ0v) is 11.8. The van der Waals surface area contributed by atoms with Gasteiger partial charge in [0.25, 0.3) is 0 Å². The van der Waals surface area contributed by atoms with Crippen LogP contribution in [-0.2, 0) is 4.79 Å². The predicted octanol–water partition coefficient (Wildman–Crippen LogP) is 2.54. The molecule has 0 aliphatic rings. The normalized spacial score (nSPS) is 10.4. The molecule has 0 radical (unpaired) electrons. The largest absolute Gasteiger partial charge is 0.295 e. The van der Waals surface area contributed by atoms with Crippen LogP contribution in [0.4, 0.5) is 5.95 Å². The molecule has 1 aromatic carbocycles. The Balaban J connectivity index is 1.76. The van der Waals surface area contributed by atoms with Gasteiger partial charge in [-0.1, -0.05) is 6.07 Å². The van der Waals surface area contributed by atoms with Gasteiger partial charge in [-0.2, -0.15) is 10.1 Å². The summed E-state index contributed by atoms with van der Waals surface area (Å²) >= 11 is 1.68. The van der Waals surface area contributed by atoms with Gasteiger partial charge in [-0.15, -0.1) is 11.8 Å². The predicted molar refractivity (Wildman–Crippen MR) is 76.3 cm³/mol. The van der Waals surface area contributed by atoms with Gasteiger partial charge in [0.15, 0.2) is 0 Å². The minimum absolute atomic E-state index is 0.0620. The number of amides is 1. The SMILES string of the molecule is Cc1ccc(SCCC(=O)Nc2ncn[nH]2)cc1C. The van der Waals surface area contributed by atoms with Crippen molar-refractivity contribution in [2.45, 2.75) is 25.2 Å². The Morgan fingerprint density at radius 3 is 2.89 bits per heavy atom. The summed E-state index contributed by atoms with van der Waals surface area (Å²) in [5.74, 6) is 1.07. The van der Waals surface area contributed by atoms with Crippen LogP contribution in [0.15, 0.2) is 29.4 Å². The second-order valence-corrected chi connectivity index (χ2v) is 5.40. The van der Waals surface area contributed by atoms with E-state index in [1.807, 2.05) is 0 Å². The number of nitrogens with one attached hydrogen (secondary N) is 2. The number of rotatable bonds is 5. The summed E-state index contributed by atoms with van der Waals surface area (Å²) < 4.78 is 0. The molecule has 0 saturated heterocycles. The molecule has 6 heteroatoms. The van der Waals surface area contributed by atoms with Crippen molar-refractivity contribution in [1.29, 1.82) is 0 Å². The van der Waals surface area contributed by atoms with Crippen molar-refractivity contribution >= 4 is 23.6 Å². The Hall–Kier alpha value is -1.82. The first-order valence-electron chi connectivity index (χ1n) is 6.00. The van der Waals surface area contributed by atoms with E-state index in [1.54, 1.807) is 11.8 Å². The molecule has 0 atom stereocenters. The molecule has 1 heterocycles. The van der Waals surface area contributed by atoms with Gasteiger partial charge in [-0.25, -0.2) is 5.10 Å². The number of nitrogens with zero attached hydrogens (tertiary/aromatic N) is 2. The Morgan fingerprint density at radius 2 is 2.21 bits per heavy atom. The van der Waals surface area contributed by atoms with E-state index >= 15 is 0 Å². The van der Waals surface area contributed by atoms with Crippen LogP contribution in [0.3, 0.4) is 0 Å². The van der Waals surface area contributed by atoms with Crippen LogP contribution in [-0.4, -0.2) is 26.8 Å². The van der Waals surface area contributed by atoms with E-state index in [0.29, 0.717) is 12.4 Å². The molecule has 0 bridgehead atoms. The summed E-state index contributed by atoms with van der Waals surface area (Å²) in [4.78, 5) is 16.6. The Labute approximate surface area is 116 Å². The molecule has 2 rings (SSSR count). The molecule has 2 aromatic rings. The Kier molecular flexibility index (Phi) is 4.57. The second kappa shape index (κ2) is 6.38. The Morgan fingerprint density at radius 1 is 1.37 bits per heavy atom. The fourth-order valence-electron chi connectivity index (χ4n) is 1.53. The van der Waals surface area contributed by atoms with Crippen molar-refractivity contribution in [1.82, 2.24) is 15.2 Å². The number of hydrogen-bond donors (Lipinski definition) is 2. The lowest BCUT2D eigenvalue weighted by Gasteiger charge is -2.05. The standard InChI is InChI=1S/C13H16N4OS/c1-9-3-4-11(7-10(9)2)19-6-5-12(18)16-13-14-8-15-17-13/h3-4,7-8H,5-6H2,1-2H3,(H2,14,15,16,17,18). The van der Waals surface area contributed by atoms with Crippen molar-refractivity contribution in [3.8, 4) is 0 Å². The van der Waals surface area contributed by atoms with Crippen LogP contribution in [0, 0.1) is 13.8 Å². The van der Waals surface area contributed by atoms with Crippen molar-refractivity contribution in [3.63, 3.8) is 0 Å². The minimum Gasteiger partial charge on any atom is -0.295 e. The van der Waals surface area contributed by atoms with Gasteiger partial charge in [-0.05, 0) is 37.1 Å². The topological polar surface area (TPSA) is 70.7 Å². The lowest BCUT2D eigenvalue weighted by atomic mass is 10.1. The molecule has 5 nitrogen and oxygen atoms in total. The highest BCUT2D eigenvalue weighted by Gasteiger charge is 2.05. The molecular weight excluding hydrogens is 260 g/mol. The van der Waals surface area contributed by atoms with Gasteiger partial charge in [0.2, 0.25) is 11.9 Å². The van der Waals surface area contributed by atoms with E-state index in [1.165, 1.54) is 22.3 Å². The zero-order valence-electron chi connectivity index (χ0n) is 10.9. The lowest BCUT2D eigenvalue weighted by molar-refractivity contribution is -0.115. The zero-order chi connectivity index (χ0) is 13.7. The molecule has 2 N–H and O–H groups in total. The average Bonchev–Trinajstić information content (AvgIpc) is 2.86. The Bertz CT molecular complexity index is 554. The van der Waals surface area contributed by atoms with Crippen molar-refractivity contribution in [2.24, 2.45) is 0 Å². The summed E-state index contributed by atoms with van der Waals surface area (Å²) in [5, 5.41) is 8.90. The molecular formula is C13H16N4OS. The highest BCUT2D eigenvalue weighted by Crippen LogP contribution is 2.21. The maximum absolute atomic E-state index is 11.6. The fraction of sp³-hybridized carbons (Fsp3) is 0.308. The smallest absolute Gasteiger partial charge is 0.227 e. The molecule has 0 saturated carbocycles. The maximum atomic E-state index is 11.6. The fourth-order valence-corrected chi connectivity index (χ4v) is 2.47. The van der Waals surface area contributed by atoms with Gasteiger partial charge in [0, 0.05) is 17.1 Å². The third-order valence-corrected chi connectivity index (χ3v) is 3.74. The van der Waals surface area contributed by atoms with Gasteiger partial charge in [-0.3, -0.25) is 10.1 Å². The number of aromatic amines is 1. The molecule has 0 fully saturated rings. The van der Waals surface area contributed by atoms with Crippen LogP contribution in [0.25, 0.3) is 0 Å². The number of anilines is 1. The van der Waals surface area contributed by atoms with Crippen molar-refractivity contribution < 1.29 is 4.79 Å². The van der Waals surface area contributed by atoms with E-state index < -0.39 is 0 Å². The number of aromatic nitrogens is 3. The summed E-state index contributed by atoms with van der Waals surface area (Å²) in [6, 6.07) is 6.34.